The fourth-order valence-corrected chi connectivity index (χ4v) is 3.72. The van der Waals surface area contributed by atoms with Gasteiger partial charge < -0.3 is 9.47 Å². The number of rotatable bonds is 10. The van der Waals surface area contributed by atoms with Gasteiger partial charge in [-0.15, -0.1) is 0 Å². The molecule has 2 aromatic rings. The van der Waals surface area contributed by atoms with Gasteiger partial charge in [-0.25, -0.2) is 9.59 Å². The van der Waals surface area contributed by atoms with Crippen LogP contribution in [0, 0.1) is 13.8 Å². The van der Waals surface area contributed by atoms with Crippen molar-refractivity contribution >= 4 is 17.7 Å². The second-order valence-corrected chi connectivity index (χ2v) is 8.91. The molecule has 0 aliphatic rings. The molecule has 2 rings (SSSR count). The fourth-order valence-electron chi connectivity index (χ4n) is 3.72. The van der Waals surface area contributed by atoms with Crippen LogP contribution in [0.3, 0.4) is 0 Å². The number of carbonyl (C=O) groups is 3. The molecular formula is C29H34O5. The average Bonchev–Trinajstić information content (AvgIpc) is 2.75. The zero-order valence-electron chi connectivity index (χ0n) is 21.0. The molecule has 0 N–H and O–H groups in total. The van der Waals surface area contributed by atoms with Crippen molar-refractivity contribution in [1.82, 2.24) is 0 Å². The Kier molecular flexibility index (Phi) is 9.13. The highest BCUT2D eigenvalue weighted by Gasteiger charge is 2.20. The van der Waals surface area contributed by atoms with Crippen LogP contribution < -0.4 is 0 Å². The normalized spacial score (nSPS) is 12.4. The summed E-state index contributed by atoms with van der Waals surface area (Å²) in [6, 6.07) is 11.2. The van der Waals surface area contributed by atoms with E-state index >= 15 is 0 Å². The third-order valence-corrected chi connectivity index (χ3v) is 5.71. The molecule has 0 saturated carbocycles. The van der Waals surface area contributed by atoms with E-state index in [-0.39, 0.29) is 18.0 Å². The summed E-state index contributed by atoms with van der Waals surface area (Å²) in [5, 5.41) is 0. The lowest BCUT2D eigenvalue weighted by Gasteiger charge is -2.18. The van der Waals surface area contributed by atoms with Gasteiger partial charge >= 0.3 is 11.9 Å². The van der Waals surface area contributed by atoms with E-state index in [2.05, 4.69) is 13.2 Å². The maximum atomic E-state index is 13.5. The molecule has 0 aromatic heterocycles. The number of carbonyl (C=O) groups excluding carboxylic acids is 3. The van der Waals surface area contributed by atoms with E-state index in [9.17, 15) is 14.4 Å². The number of hydrogen-bond donors (Lipinski definition) is 0. The molecule has 0 fully saturated rings. The number of hydrogen-bond acceptors (Lipinski definition) is 5. The summed E-state index contributed by atoms with van der Waals surface area (Å²) in [6.07, 6.45) is 0.302. The number of benzene rings is 2. The van der Waals surface area contributed by atoms with Crippen LogP contribution >= 0.6 is 0 Å². The highest BCUT2D eigenvalue weighted by molar-refractivity contribution is 6.11. The summed E-state index contributed by atoms with van der Waals surface area (Å²) >= 11 is 0. The van der Waals surface area contributed by atoms with Gasteiger partial charge in [-0.3, -0.25) is 4.79 Å². The lowest BCUT2D eigenvalue weighted by Crippen LogP contribution is -2.19. The Hall–Kier alpha value is -3.47. The first-order valence-corrected chi connectivity index (χ1v) is 11.4. The van der Waals surface area contributed by atoms with Gasteiger partial charge in [0.2, 0.25) is 0 Å². The van der Waals surface area contributed by atoms with Gasteiger partial charge in [-0.2, -0.15) is 0 Å². The Morgan fingerprint density at radius 1 is 0.735 bits per heavy atom. The van der Waals surface area contributed by atoms with Crippen LogP contribution in [0.15, 0.2) is 60.7 Å². The predicted octanol–water partition coefficient (Wildman–Crippen LogP) is 5.64. The Morgan fingerprint density at radius 2 is 1.09 bits per heavy atom. The molecule has 2 aromatic carbocycles. The van der Waals surface area contributed by atoms with Crippen molar-refractivity contribution in [3.63, 3.8) is 0 Å². The van der Waals surface area contributed by atoms with E-state index in [1.807, 2.05) is 64.1 Å². The van der Waals surface area contributed by atoms with Crippen molar-refractivity contribution in [2.75, 3.05) is 0 Å². The van der Waals surface area contributed by atoms with E-state index in [4.69, 9.17) is 9.47 Å². The van der Waals surface area contributed by atoms with Gasteiger partial charge in [0.15, 0.2) is 5.78 Å². The molecule has 34 heavy (non-hydrogen) atoms. The van der Waals surface area contributed by atoms with Crippen LogP contribution in [0.1, 0.15) is 65.9 Å². The van der Waals surface area contributed by atoms with Crippen LogP contribution in [0.2, 0.25) is 0 Å². The molecule has 0 amide bonds. The van der Waals surface area contributed by atoms with E-state index in [0.717, 1.165) is 22.3 Å². The summed E-state index contributed by atoms with van der Waals surface area (Å²) in [5.41, 5.74) is 5.54. The topological polar surface area (TPSA) is 69.7 Å². The second kappa shape index (κ2) is 11.6. The lowest BCUT2D eigenvalue weighted by molar-refractivity contribution is -0.144. The maximum absolute atomic E-state index is 13.5. The molecule has 0 bridgehead atoms. The Bertz CT molecular complexity index is 1040. The minimum Gasteiger partial charge on any atom is -0.459 e. The smallest absolute Gasteiger partial charge is 0.333 e. The van der Waals surface area contributed by atoms with Gasteiger partial charge in [0.05, 0.1) is 0 Å². The van der Waals surface area contributed by atoms with Crippen LogP contribution in [0.5, 0.6) is 0 Å². The molecule has 0 radical (unpaired) electrons. The average molecular weight is 463 g/mol. The molecule has 0 saturated heterocycles. The van der Waals surface area contributed by atoms with Crippen molar-refractivity contribution in [3.05, 3.63) is 94.1 Å². The summed E-state index contributed by atoms with van der Waals surface area (Å²) in [4.78, 5) is 37.1. The maximum Gasteiger partial charge on any atom is 0.333 e. The molecule has 0 spiro atoms. The van der Waals surface area contributed by atoms with Crippen LogP contribution in [0.4, 0.5) is 0 Å². The van der Waals surface area contributed by atoms with Crippen LogP contribution in [-0.2, 0) is 31.9 Å². The molecule has 0 aliphatic heterocycles. The molecule has 180 valence electrons. The standard InChI is InChI=1S/C29H34O5/c1-17(2)28(31)33-19(5)15-23-11-9-13-25(21(23)7)27(30)26-14-10-12-24(22(26)8)16-20(6)34-29(32)18(3)4/h9-14,19-20H,1,3,15-16H2,2,4-8H3. The Balaban J connectivity index is 2.26. The summed E-state index contributed by atoms with van der Waals surface area (Å²) < 4.78 is 10.8. The van der Waals surface area contributed by atoms with Crippen molar-refractivity contribution in [1.29, 1.82) is 0 Å². The summed E-state index contributed by atoms with van der Waals surface area (Å²) in [5.74, 6) is -0.919. The predicted molar refractivity (Wildman–Crippen MR) is 134 cm³/mol. The molecule has 5 nitrogen and oxygen atoms in total. The van der Waals surface area contributed by atoms with Gasteiger partial charge in [0.1, 0.15) is 12.2 Å². The number of ether oxygens (including phenoxy) is 2. The zero-order chi connectivity index (χ0) is 25.6. The van der Waals surface area contributed by atoms with Crippen molar-refractivity contribution in [2.45, 2.75) is 66.6 Å². The minimum atomic E-state index is -0.423. The molecule has 5 heteroatoms. The molecule has 2 atom stereocenters. The van der Waals surface area contributed by atoms with E-state index in [0.29, 0.717) is 35.1 Å². The fraction of sp³-hybridized carbons (Fsp3) is 0.345. The molecular weight excluding hydrogens is 428 g/mol. The Labute approximate surface area is 202 Å². The SMILES string of the molecule is C=C(C)C(=O)OC(C)Cc1cccc(C(=O)c2cccc(CC(C)OC(=O)C(=C)C)c2C)c1C. The highest BCUT2D eigenvalue weighted by atomic mass is 16.5. The van der Waals surface area contributed by atoms with Crippen LogP contribution in [0.25, 0.3) is 0 Å². The highest BCUT2D eigenvalue weighted by Crippen LogP contribution is 2.24. The third-order valence-electron chi connectivity index (χ3n) is 5.71. The molecule has 0 aliphatic carbocycles. The van der Waals surface area contributed by atoms with Gasteiger partial charge in [0, 0.05) is 35.1 Å². The van der Waals surface area contributed by atoms with Crippen molar-refractivity contribution in [3.8, 4) is 0 Å². The van der Waals surface area contributed by atoms with E-state index in [1.54, 1.807) is 13.8 Å². The van der Waals surface area contributed by atoms with E-state index < -0.39 is 11.9 Å². The number of ketones is 1. The quantitative estimate of drug-likeness (QED) is 0.260. The second-order valence-electron chi connectivity index (χ2n) is 8.91. The molecule has 2 unspecified atom stereocenters. The first kappa shape index (κ1) is 26.8. The zero-order valence-corrected chi connectivity index (χ0v) is 21.0. The van der Waals surface area contributed by atoms with Gasteiger partial charge in [-0.1, -0.05) is 49.6 Å². The van der Waals surface area contributed by atoms with Crippen molar-refractivity contribution < 1.29 is 23.9 Å². The van der Waals surface area contributed by atoms with Gasteiger partial charge in [-0.05, 0) is 63.8 Å². The summed E-state index contributed by atoms with van der Waals surface area (Å²) in [6.45, 7) is 17.9. The monoisotopic (exact) mass is 462 g/mol. The third kappa shape index (κ3) is 6.77. The minimum absolute atomic E-state index is 0.0723. The first-order valence-electron chi connectivity index (χ1n) is 11.4. The first-order chi connectivity index (χ1) is 15.9. The van der Waals surface area contributed by atoms with Crippen molar-refractivity contribution in [2.24, 2.45) is 0 Å². The summed E-state index contributed by atoms with van der Waals surface area (Å²) in [7, 11) is 0. The van der Waals surface area contributed by atoms with Crippen LogP contribution in [-0.4, -0.2) is 29.9 Å². The number of esters is 2. The Morgan fingerprint density at radius 3 is 1.41 bits per heavy atom. The van der Waals surface area contributed by atoms with Gasteiger partial charge in [0.25, 0.3) is 0 Å². The molecule has 0 heterocycles. The largest absolute Gasteiger partial charge is 0.459 e. The lowest BCUT2D eigenvalue weighted by atomic mass is 9.89. The van der Waals surface area contributed by atoms with E-state index in [1.165, 1.54) is 0 Å².